The SMILES string of the molecule is C[C@H]1CCC[C@H](C)N1/N=C\c1ccc(C(=O)O)cc1. The molecule has 0 radical (unpaired) electrons. The molecule has 102 valence electrons. The lowest BCUT2D eigenvalue weighted by Crippen LogP contribution is -2.39. The highest BCUT2D eigenvalue weighted by Crippen LogP contribution is 2.22. The summed E-state index contributed by atoms with van der Waals surface area (Å²) in [6.07, 6.45) is 5.44. The number of carbonyl (C=O) groups is 1. The van der Waals surface area contributed by atoms with Crippen LogP contribution in [0.4, 0.5) is 0 Å². The topological polar surface area (TPSA) is 52.9 Å². The van der Waals surface area contributed by atoms with E-state index in [9.17, 15) is 4.79 Å². The second-order valence-electron chi connectivity index (χ2n) is 5.18. The minimum atomic E-state index is -0.901. The molecule has 1 aliphatic heterocycles. The molecule has 1 saturated heterocycles. The van der Waals surface area contributed by atoms with Crippen LogP contribution in [0.2, 0.25) is 0 Å². The van der Waals surface area contributed by atoms with Crippen LogP contribution in [0.1, 0.15) is 49.0 Å². The van der Waals surface area contributed by atoms with Crippen molar-refractivity contribution in [1.82, 2.24) is 5.01 Å². The van der Waals surface area contributed by atoms with Gasteiger partial charge < -0.3 is 5.11 Å². The predicted octanol–water partition coefficient (Wildman–Crippen LogP) is 2.98. The number of hydrogen-bond acceptors (Lipinski definition) is 3. The quantitative estimate of drug-likeness (QED) is 0.850. The largest absolute Gasteiger partial charge is 0.478 e. The van der Waals surface area contributed by atoms with E-state index in [1.54, 1.807) is 24.3 Å². The maximum atomic E-state index is 10.8. The van der Waals surface area contributed by atoms with Gasteiger partial charge >= 0.3 is 5.97 Å². The van der Waals surface area contributed by atoms with Gasteiger partial charge in [0.05, 0.1) is 11.8 Å². The molecule has 1 fully saturated rings. The van der Waals surface area contributed by atoms with Crippen LogP contribution in [0.5, 0.6) is 0 Å². The van der Waals surface area contributed by atoms with Crippen LogP contribution in [0, 0.1) is 0 Å². The third-order valence-corrected chi connectivity index (χ3v) is 3.64. The molecule has 0 aliphatic carbocycles. The monoisotopic (exact) mass is 260 g/mol. The summed E-state index contributed by atoms with van der Waals surface area (Å²) in [5.41, 5.74) is 1.23. The van der Waals surface area contributed by atoms with E-state index < -0.39 is 5.97 Å². The first-order valence-corrected chi connectivity index (χ1v) is 6.73. The summed E-state index contributed by atoms with van der Waals surface area (Å²) in [6.45, 7) is 4.39. The average molecular weight is 260 g/mol. The van der Waals surface area contributed by atoms with E-state index in [4.69, 9.17) is 5.11 Å². The van der Waals surface area contributed by atoms with E-state index in [0.717, 1.165) is 5.56 Å². The van der Waals surface area contributed by atoms with Gasteiger partial charge in [0, 0.05) is 12.1 Å². The van der Waals surface area contributed by atoms with Gasteiger partial charge in [0.1, 0.15) is 0 Å². The van der Waals surface area contributed by atoms with Gasteiger partial charge in [-0.05, 0) is 50.8 Å². The van der Waals surface area contributed by atoms with Gasteiger partial charge in [0.25, 0.3) is 0 Å². The fraction of sp³-hybridized carbons (Fsp3) is 0.467. The van der Waals surface area contributed by atoms with Crippen molar-refractivity contribution in [2.45, 2.75) is 45.2 Å². The average Bonchev–Trinajstić information content (AvgIpc) is 2.38. The summed E-state index contributed by atoms with van der Waals surface area (Å²) in [4.78, 5) is 10.8. The molecule has 19 heavy (non-hydrogen) atoms. The maximum Gasteiger partial charge on any atom is 0.335 e. The second kappa shape index (κ2) is 5.87. The van der Waals surface area contributed by atoms with Gasteiger partial charge in [-0.2, -0.15) is 5.10 Å². The lowest BCUT2D eigenvalue weighted by molar-refractivity contribution is 0.0697. The number of hydrazone groups is 1. The summed E-state index contributed by atoms with van der Waals surface area (Å²) in [5.74, 6) is -0.901. The highest BCUT2D eigenvalue weighted by molar-refractivity contribution is 5.89. The van der Waals surface area contributed by atoms with Gasteiger partial charge in [-0.1, -0.05) is 12.1 Å². The molecule has 0 spiro atoms. The lowest BCUT2D eigenvalue weighted by Gasteiger charge is -2.36. The van der Waals surface area contributed by atoms with Crippen molar-refractivity contribution < 1.29 is 9.90 Å². The Hall–Kier alpha value is -1.84. The second-order valence-corrected chi connectivity index (χ2v) is 5.18. The summed E-state index contributed by atoms with van der Waals surface area (Å²) < 4.78 is 0. The van der Waals surface area contributed by atoms with E-state index >= 15 is 0 Å². The number of benzene rings is 1. The fourth-order valence-corrected chi connectivity index (χ4v) is 2.48. The van der Waals surface area contributed by atoms with Gasteiger partial charge in [-0.3, -0.25) is 5.01 Å². The van der Waals surface area contributed by atoms with Crippen molar-refractivity contribution in [3.63, 3.8) is 0 Å². The van der Waals surface area contributed by atoms with Crippen molar-refractivity contribution in [3.8, 4) is 0 Å². The van der Waals surface area contributed by atoms with Crippen molar-refractivity contribution in [3.05, 3.63) is 35.4 Å². The van der Waals surface area contributed by atoms with Crippen molar-refractivity contribution in [1.29, 1.82) is 0 Å². The number of carboxylic acids is 1. The van der Waals surface area contributed by atoms with E-state index in [2.05, 4.69) is 24.0 Å². The zero-order valence-electron chi connectivity index (χ0n) is 11.4. The summed E-state index contributed by atoms with van der Waals surface area (Å²) in [7, 11) is 0. The molecule has 1 aromatic rings. The molecule has 1 N–H and O–H groups in total. The predicted molar refractivity (Wildman–Crippen MR) is 75.6 cm³/mol. The van der Waals surface area contributed by atoms with Crippen molar-refractivity contribution in [2.75, 3.05) is 0 Å². The van der Waals surface area contributed by atoms with E-state index in [1.165, 1.54) is 19.3 Å². The van der Waals surface area contributed by atoms with Crippen LogP contribution < -0.4 is 0 Å². The smallest absolute Gasteiger partial charge is 0.335 e. The van der Waals surface area contributed by atoms with Gasteiger partial charge in [-0.25, -0.2) is 4.79 Å². The Balaban J connectivity index is 2.07. The molecule has 0 aromatic heterocycles. The minimum absolute atomic E-state index is 0.303. The highest BCUT2D eigenvalue weighted by Gasteiger charge is 2.22. The number of hydrogen-bond donors (Lipinski definition) is 1. The molecule has 0 saturated carbocycles. The minimum Gasteiger partial charge on any atom is -0.478 e. The zero-order chi connectivity index (χ0) is 13.8. The Kier molecular flexibility index (Phi) is 4.20. The van der Waals surface area contributed by atoms with Gasteiger partial charge in [0.2, 0.25) is 0 Å². The Bertz CT molecular complexity index is 458. The van der Waals surface area contributed by atoms with E-state index in [0.29, 0.717) is 17.6 Å². The molecular weight excluding hydrogens is 240 g/mol. The van der Waals surface area contributed by atoms with Gasteiger partial charge in [-0.15, -0.1) is 0 Å². The highest BCUT2D eigenvalue weighted by atomic mass is 16.4. The standard InChI is InChI=1S/C15H20N2O2/c1-11-4-3-5-12(2)17(11)16-10-13-6-8-14(9-7-13)15(18)19/h6-12H,3-5H2,1-2H3,(H,18,19)/b16-10-/t11-,12-/m0/s1. The normalized spacial score (nSPS) is 23.8. The third kappa shape index (κ3) is 3.34. The van der Waals surface area contributed by atoms with Crippen LogP contribution in [-0.2, 0) is 0 Å². The van der Waals surface area contributed by atoms with Crippen molar-refractivity contribution >= 4 is 12.2 Å². The molecule has 0 unspecified atom stereocenters. The van der Waals surface area contributed by atoms with Gasteiger partial charge in [0.15, 0.2) is 0 Å². The molecule has 1 heterocycles. The first kappa shape index (κ1) is 13.6. The third-order valence-electron chi connectivity index (χ3n) is 3.64. The molecule has 4 nitrogen and oxygen atoms in total. The van der Waals surface area contributed by atoms with Crippen molar-refractivity contribution in [2.24, 2.45) is 5.10 Å². The van der Waals surface area contributed by atoms with E-state index in [-0.39, 0.29) is 0 Å². The Morgan fingerprint density at radius 2 is 1.84 bits per heavy atom. The molecule has 1 aromatic carbocycles. The number of aromatic carboxylic acids is 1. The fourth-order valence-electron chi connectivity index (χ4n) is 2.48. The van der Waals surface area contributed by atoms with Crippen LogP contribution >= 0.6 is 0 Å². The number of rotatable bonds is 3. The summed E-state index contributed by atoms with van der Waals surface area (Å²) in [5, 5.41) is 15.5. The Morgan fingerprint density at radius 3 is 2.37 bits per heavy atom. The number of nitrogens with zero attached hydrogens (tertiary/aromatic N) is 2. The molecular formula is C15H20N2O2. The number of piperidine rings is 1. The van der Waals surface area contributed by atoms with Crippen LogP contribution in [0.3, 0.4) is 0 Å². The van der Waals surface area contributed by atoms with Crippen LogP contribution in [0.15, 0.2) is 29.4 Å². The van der Waals surface area contributed by atoms with Crippen LogP contribution in [-0.4, -0.2) is 34.4 Å². The molecule has 4 heteroatoms. The lowest BCUT2D eigenvalue weighted by atomic mass is 10.00. The Labute approximate surface area is 113 Å². The Morgan fingerprint density at radius 1 is 1.26 bits per heavy atom. The zero-order valence-corrected chi connectivity index (χ0v) is 11.4. The number of carboxylic acid groups (broad SMARTS) is 1. The molecule has 1 aliphatic rings. The van der Waals surface area contributed by atoms with E-state index in [1.807, 2.05) is 6.21 Å². The van der Waals surface area contributed by atoms with Crippen LogP contribution in [0.25, 0.3) is 0 Å². The summed E-state index contributed by atoms with van der Waals surface area (Å²) >= 11 is 0. The summed E-state index contributed by atoms with van der Waals surface area (Å²) in [6, 6.07) is 7.72. The first-order valence-electron chi connectivity index (χ1n) is 6.73. The molecule has 0 bridgehead atoms. The molecule has 2 atom stereocenters. The molecule has 2 rings (SSSR count). The first-order chi connectivity index (χ1) is 9.08. The maximum absolute atomic E-state index is 10.8. The molecule has 0 amide bonds.